The van der Waals surface area contributed by atoms with Crippen molar-refractivity contribution in [2.24, 2.45) is 0 Å². The van der Waals surface area contributed by atoms with Crippen molar-refractivity contribution >= 4 is 5.91 Å². The summed E-state index contributed by atoms with van der Waals surface area (Å²) < 4.78 is 0. The minimum atomic E-state index is -0.431. The Balaban J connectivity index is 3.88. The minimum Gasteiger partial charge on any atom is -0.392 e. The number of aliphatic hydroxyl groups is 1. The molecule has 1 unspecified atom stereocenters. The first kappa shape index (κ1) is 13.4. The Morgan fingerprint density at radius 3 is 2.21 bits per heavy atom. The van der Waals surface area contributed by atoms with E-state index in [1.165, 1.54) is 0 Å². The summed E-state index contributed by atoms with van der Waals surface area (Å²) in [4.78, 5) is 11.5. The zero-order chi connectivity index (χ0) is 11.4. The molecule has 0 aromatic carbocycles. The van der Waals surface area contributed by atoms with Gasteiger partial charge in [-0.05, 0) is 34.6 Å². The van der Waals surface area contributed by atoms with Gasteiger partial charge >= 0.3 is 0 Å². The van der Waals surface area contributed by atoms with Gasteiger partial charge in [-0.3, -0.25) is 4.79 Å². The standard InChI is InChI=1S/C10H22N2O2/c1-7(13)6-11-8(2)9(14)12-10(3,4)5/h7-8,11,13H,6H2,1-5H3,(H,12,14)/t7-,8?/m0/s1. The summed E-state index contributed by atoms with van der Waals surface area (Å²) in [7, 11) is 0. The highest BCUT2D eigenvalue weighted by Gasteiger charge is 2.18. The first-order valence-electron chi connectivity index (χ1n) is 4.96. The number of nitrogens with one attached hydrogen (secondary N) is 2. The van der Waals surface area contributed by atoms with Crippen LogP contribution in [0.4, 0.5) is 0 Å². The van der Waals surface area contributed by atoms with Gasteiger partial charge in [0.15, 0.2) is 0 Å². The van der Waals surface area contributed by atoms with Crippen LogP contribution in [0.2, 0.25) is 0 Å². The Morgan fingerprint density at radius 1 is 1.36 bits per heavy atom. The molecule has 0 spiro atoms. The van der Waals surface area contributed by atoms with Crippen LogP contribution in [0.5, 0.6) is 0 Å². The smallest absolute Gasteiger partial charge is 0.237 e. The van der Waals surface area contributed by atoms with Crippen LogP contribution in [0.25, 0.3) is 0 Å². The highest BCUT2D eigenvalue weighted by molar-refractivity contribution is 5.81. The molecule has 0 aromatic rings. The predicted molar refractivity (Wildman–Crippen MR) is 57.0 cm³/mol. The molecule has 14 heavy (non-hydrogen) atoms. The van der Waals surface area contributed by atoms with Crippen molar-refractivity contribution < 1.29 is 9.90 Å². The first-order valence-corrected chi connectivity index (χ1v) is 4.96. The predicted octanol–water partition coefficient (Wildman–Crippen LogP) is 0.260. The van der Waals surface area contributed by atoms with E-state index in [1.54, 1.807) is 13.8 Å². The summed E-state index contributed by atoms with van der Waals surface area (Å²) in [5.74, 6) is -0.0434. The van der Waals surface area contributed by atoms with E-state index in [1.807, 2.05) is 20.8 Å². The number of amides is 1. The summed E-state index contributed by atoms with van der Waals surface area (Å²) >= 11 is 0. The van der Waals surface area contributed by atoms with Crippen molar-refractivity contribution in [2.75, 3.05) is 6.54 Å². The molecule has 0 aliphatic heterocycles. The highest BCUT2D eigenvalue weighted by Crippen LogP contribution is 1.99. The second-order valence-corrected chi connectivity index (χ2v) is 4.72. The fourth-order valence-corrected chi connectivity index (χ4v) is 0.918. The molecule has 0 radical (unpaired) electrons. The van der Waals surface area contributed by atoms with Crippen LogP contribution in [-0.2, 0) is 4.79 Å². The highest BCUT2D eigenvalue weighted by atomic mass is 16.3. The molecule has 0 rings (SSSR count). The van der Waals surface area contributed by atoms with Crippen LogP contribution in [0.3, 0.4) is 0 Å². The number of hydrogen-bond acceptors (Lipinski definition) is 3. The van der Waals surface area contributed by atoms with E-state index in [9.17, 15) is 4.79 Å². The van der Waals surface area contributed by atoms with Gasteiger partial charge in [0.2, 0.25) is 5.91 Å². The average Bonchev–Trinajstić information content (AvgIpc) is 1.96. The van der Waals surface area contributed by atoms with Crippen molar-refractivity contribution in [3.63, 3.8) is 0 Å². The lowest BCUT2D eigenvalue weighted by atomic mass is 10.1. The summed E-state index contributed by atoms with van der Waals surface area (Å²) in [6.45, 7) is 9.70. The number of hydrogen-bond donors (Lipinski definition) is 3. The molecule has 0 heterocycles. The van der Waals surface area contributed by atoms with Crippen molar-refractivity contribution in [2.45, 2.75) is 52.3 Å². The number of rotatable bonds is 4. The van der Waals surface area contributed by atoms with Gasteiger partial charge < -0.3 is 15.7 Å². The van der Waals surface area contributed by atoms with E-state index in [4.69, 9.17) is 5.11 Å². The average molecular weight is 202 g/mol. The normalized spacial score (nSPS) is 16.1. The van der Waals surface area contributed by atoms with Crippen LogP contribution in [0.1, 0.15) is 34.6 Å². The van der Waals surface area contributed by atoms with Gasteiger partial charge in [-0.15, -0.1) is 0 Å². The van der Waals surface area contributed by atoms with E-state index in [2.05, 4.69) is 10.6 Å². The molecule has 4 heteroatoms. The maximum Gasteiger partial charge on any atom is 0.237 e. The zero-order valence-electron chi connectivity index (χ0n) is 9.72. The largest absolute Gasteiger partial charge is 0.392 e. The van der Waals surface area contributed by atoms with Gasteiger partial charge in [-0.1, -0.05) is 0 Å². The number of aliphatic hydroxyl groups excluding tert-OH is 1. The van der Waals surface area contributed by atoms with Crippen LogP contribution < -0.4 is 10.6 Å². The molecule has 0 fully saturated rings. The topological polar surface area (TPSA) is 61.4 Å². The minimum absolute atomic E-state index is 0.0434. The van der Waals surface area contributed by atoms with Crippen molar-refractivity contribution in [1.82, 2.24) is 10.6 Å². The maximum absolute atomic E-state index is 11.5. The molecular weight excluding hydrogens is 180 g/mol. The molecule has 2 atom stereocenters. The van der Waals surface area contributed by atoms with Crippen LogP contribution in [0.15, 0.2) is 0 Å². The SMILES string of the molecule is CC(NC[C@H](C)O)C(=O)NC(C)(C)C. The van der Waals surface area contributed by atoms with E-state index < -0.39 is 6.10 Å². The molecule has 84 valence electrons. The zero-order valence-corrected chi connectivity index (χ0v) is 9.72. The van der Waals surface area contributed by atoms with Crippen molar-refractivity contribution in [3.05, 3.63) is 0 Å². The molecule has 3 N–H and O–H groups in total. The second-order valence-electron chi connectivity index (χ2n) is 4.72. The van der Waals surface area contributed by atoms with Gasteiger partial charge in [-0.25, -0.2) is 0 Å². The van der Waals surface area contributed by atoms with E-state index in [-0.39, 0.29) is 17.5 Å². The molecule has 0 bridgehead atoms. The third-order valence-electron chi connectivity index (χ3n) is 1.61. The van der Waals surface area contributed by atoms with Gasteiger partial charge in [-0.2, -0.15) is 0 Å². The van der Waals surface area contributed by atoms with Crippen LogP contribution in [0, 0.1) is 0 Å². The van der Waals surface area contributed by atoms with Gasteiger partial charge in [0.25, 0.3) is 0 Å². The molecule has 0 aromatic heterocycles. The van der Waals surface area contributed by atoms with Crippen LogP contribution >= 0.6 is 0 Å². The quantitative estimate of drug-likeness (QED) is 0.613. The Kier molecular flexibility index (Phi) is 5.08. The molecule has 0 aliphatic carbocycles. The van der Waals surface area contributed by atoms with E-state index >= 15 is 0 Å². The Hall–Kier alpha value is -0.610. The van der Waals surface area contributed by atoms with Crippen molar-refractivity contribution in [1.29, 1.82) is 0 Å². The van der Waals surface area contributed by atoms with Crippen molar-refractivity contribution in [3.8, 4) is 0 Å². The summed E-state index contributed by atoms with van der Waals surface area (Å²) in [6, 6.07) is -0.274. The number of carbonyl (C=O) groups is 1. The third kappa shape index (κ3) is 6.86. The molecule has 1 amide bonds. The molecule has 4 nitrogen and oxygen atoms in total. The molecule has 0 saturated carbocycles. The maximum atomic E-state index is 11.5. The van der Waals surface area contributed by atoms with Gasteiger partial charge in [0.05, 0.1) is 12.1 Å². The lowest BCUT2D eigenvalue weighted by Crippen LogP contribution is -2.50. The molecular formula is C10H22N2O2. The third-order valence-corrected chi connectivity index (χ3v) is 1.61. The second kappa shape index (κ2) is 5.32. The molecule has 0 aliphatic rings. The fraction of sp³-hybridized carbons (Fsp3) is 0.900. The summed E-state index contributed by atoms with van der Waals surface area (Å²) in [5.41, 5.74) is -0.210. The monoisotopic (exact) mass is 202 g/mol. The molecule has 0 saturated heterocycles. The van der Waals surface area contributed by atoms with Gasteiger partial charge in [0.1, 0.15) is 0 Å². The summed E-state index contributed by atoms with van der Waals surface area (Å²) in [5, 5.41) is 14.8. The van der Waals surface area contributed by atoms with E-state index in [0.717, 1.165) is 0 Å². The Bertz CT molecular complexity index is 185. The number of carbonyl (C=O) groups excluding carboxylic acids is 1. The fourth-order valence-electron chi connectivity index (χ4n) is 0.918. The van der Waals surface area contributed by atoms with E-state index in [0.29, 0.717) is 6.54 Å². The lowest BCUT2D eigenvalue weighted by Gasteiger charge is -2.24. The first-order chi connectivity index (χ1) is 6.22. The summed E-state index contributed by atoms with van der Waals surface area (Å²) in [6.07, 6.45) is -0.431. The Morgan fingerprint density at radius 2 is 1.86 bits per heavy atom. The lowest BCUT2D eigenvalue weighted by molar-refractivity contribution is -0.124. The Labute approximate surface area is 86.1 Å². The van der Waals surface area contributed by atoms with Gasteiger partial charge in [0, 0.05) is 12.1 Å². The van der Waals surface area contributed by atoms with Crippen LogP contribution in [-0.4, -0.2) is 35.2 Å².